The van der Waals surface area contributed by atoms with Gasteiger partial charge in [0.2, 0.25) is 0 Å². The molecule has 0 aromatic rings. The smallest absolute Gasteiger partial charge is 0.320 e. The molecular formula is C21H38N4O6. The number of hydrogen-bond donors (Lipinski definition) is 1. The van der Waals surface area contributed by atoms with Crippen molar-refractivity contribution in [3.63, 3.8) is 0 Å². The Bertz CT molecular complexity index is 615. The quantitative estimate of drug-likeness (QED) is 0.490. The summed E-state index contributed by atoms with van der Waals surface area (Å²) < 4.78 is 5.52. The third-order valence-corrected chi connectivity index (χ3v) is 5.33. The molecule has 0 spiro atoms. The lowest BCUT2D eigenvalue weighted by Gasteiger charge is -2.28. The van der Waals surface area contributed by atoms with Crippen molar-refractivity contribution < 1.29 is 29.0 Å². The normalized spacial score (nSPS) is 21.6. The number of carbonyl (C=O) groups excluding carboxylic acids is 3. The van der Waals surface area contributed by atoms with Crippen LogP contribution in [0.25, 0.3) is 0 Å². The van der Waals surface area contributed by atoms with E-state index < -0.39 is 18.0 Å². The number of carbonyl (C=O) groups is 4. The van der Waals surface area contributed by atoms with E-state index in [9.17, 15) is 19.2 Å². The van der Waals surface area contributed by atoms with E-state index in [1.54, 1.807) is 16.8 Å². The first-order valence-corrected chi connectivity index (χ1v) is 10.9. The number of esters is 1. The minimum absolute atomic E-state index is 0.00757. The number of ketones is 2. The molecule has 1 fully saturated rings. The minimum atomic E-state index is -0.913. The number of likely N-dealkylation sites (N-methyl/N-ethyl adjacent to an activating group) is 3. The van der Waals surface area contributed by atoms with Crippen molar-refractivity contribution in [2.75, 3.05) is 79.5 Å². The number of hydrogen-bond acceptors (Lipinski definition) is 9. The van der Waals surface area contributed by atoms with Crippen LogP contribution < -0.4 is 0 Å². The van der Waals surface area contributed by atoms with E-state index in [4.69, 9.17) is 9.84 Å². The van der Waals surface area contributed by atoms with Crippen LogP contribution in [0.2, 0.25) is 0 Å². The fourth-order valence-electron chi connectivity index (χ4n) is 3.38. The summed E-state index contributed by atoms with van der Waals surface area (Å²) in [5, 5.41) is 9.15. The Kier molecular flexibility index (Phi) is 12.5. The number of aliphatic carboxylic acids is 1. The molecule has 0 aliphatic carbocycles. The molecule has 0 amide bonds. The molecule has 1 saturated heterocycles. The van der Waals surface area contributed by atoms with Crippen LogP contribution in [0.3, 0.4) is 0 Å². The highest BCUT2D eigenvalue weighted by molar-refractivity contribution is 5.85. The number of cyclic esters (lactones) is 1. The molecule has 0 radical (unpaired) electrons. The van der Waals surface area contributed by atoms with E-state index >= 15 is 0 Å². The van der Waals surface area contributed by atoms with Gasteiger partial charge in [-0.15, -0.1) is 0 Å². The minimum Gasteiger partial charge on any atom is -0.480 e. The van der Waals surface area contributed by atoms with Crippen molar-refractivity contribution in [3.05, 3.63) is 0 Å². The number of ether oxygens (including phenoxy) is 1. The molecule has 1 unspecified atom stereocenters. The van der Waals surface area contributed by atoms with Gasteiger partial charge >= 0.3 is 11.9 Å². The second-order valence-electron chi connectivity index (χ2n) is 8.20. The number of carboxylic acid groups (broad SMARTS) is 1. The van der Waals surface area contributed by atoms with E-state index in [1.807, 2.05) is 30.7 Å². The van der Waals surface area contributed by atoms with Crippen LogP contribution in [0, 0.1) is 0 Å². The Morgan fingerprint density at radius 2 is 1.74 bits per heavy atom. The van der Waals surface area contributed by atoms with Gasteiger partial charge in [-0.05, 0) is 27.2 Å². The highest BCUT2D eigenvalue weighted by atomic mass is 16.5. The zero-order valence-electron chi connectivity index (χ0n) is 19.3. The monoisotopic (exact) mass is 442 g/mol. The molecule has 1 N–H and O–H groups in total. The van der Waals surface area contributed by atoms with Gasteiger partial charge in [0.25, 0.3) is 0 Å². The third-order valence-electron chi connectivity index (χ3n) is 5.33. The molecule has 0 bridgehead atoms. The molecule has 1 aliphatic rings. The molecule has 0 saturated carbocycles. The topological polar surface area (TPSA) is 111 Å². The van der Waals surface area contributed by atoms with Gasteiger partial charge in [0.05, 0.1) is 26.2 Å². The molecular weight excluding hydrogens is 404 g/mol. The van der Waals surface area contributed by atoms with Gasteiger partial charge in [-0.2, -0.15) is 0 Å². The van der Waals surface area contributed by atoms with Gasteiger partial charge in [-0.1, -0.05) is 13.8 Å². The standard InChI is InChI=1S/C21H38N4O6/c1-5-22(3)13-17(26)11-19-12-18(27)14-24(6-2)9-10-25(15-20(28)29)8-7-23(4)16-21(30)31-19/h19H,5-16H2,1-4H3,(H,28,29). The van der Waals surface area contributed by atoms with Crippen LogP contribution in [-0.4, -0.2) is 134 Å². The Morgan fingerprint density at radius 1 is 1.10 bits per heavy atom. The summed E-state index contributed by atoms with van der Waals surface area (Å²) in [4.78, 5) is 55.9. The van der Waals surface area contributed by atoms with E-state index in [-0.39, 0.29) is 50.6 Å². The average Bonchev–Trinajstić information content (AvgIpc) is 2.67. The number of Topliss-reactive ketones (excluding diaryl/α,β-unsaturated/α-hetero) is 2. The highest BCUT2D eigenvalue weighted by Crippen LogP contribution is 2.10. The molecule has 0 aromatic carbocycles. The van der Waals surface area contributed by atoms with Gasteiger partial charge < -0.3 is 9.84 Å². The molecule has 1 heterocycles. The molecule has 1 rings (SSSR count). The van der Waals surface area contributed by atoms with E-state index in [0.717, 1.165) is 6.54 Å². The number of nitrogens with zero attached hydrogens (tertiary/aromatic N) is 4. The molecule has 1 aliphatic heterocycles. The third kappa shape index (κ3) is 11.9. The Morgan fingerprint density at radius 3 is 2.35 bits per heavy atom. The molecule has 0 aromatic heterocycles. The summed E-state index contributed by atoms with van der Waals surface area (Å²) in [5.41, 5.74) is 0. The summed E-state index contributed by atoms with van der Waals surface area (Å²) in [6.07, 6.45) is -0.757. The molecule has 1 atom stereocenters. The van der Waals surface area contributed by atoms with Crippen LogP contribution in [-0.2, 0) is 23.9 Å². The van der Waals surface area contributed by atoms with Crippen molar-refractivity contribution in [2.45, 2.75) is 32.8 Å². The fraction of sp³-hybridized carbons (Fsp3) is 0.810. The molecule has 10 nitrogen and oxygen atoms in total. The van der Waals surface area contributed by atoms with Gasteiger partial charge in [0.15, 0.2) is 11.6 Å². The van der Waals surface area contributed by atoms with Crippen molar-refractivity contribution in [1.29, 1.82) is 0 Å². The first kappa shape index (κ1) is 27.2. The maximum atomic E-state index is 12.6. The second-order valence-corrected chi connectivity index (χ2v) is 8.20. The lowest BCUT2D eigenvalue weighted by atomic mass is 10.1. The lowest BCUT2D eigenvalue weighted by Crippen LogP contribution is -2.44. The van der Waals surface area contributed by atoms with Crippen LogP contribution in [0.5, 0.6) is 0 Å². The van der Waals surface area contributed by atoms with E-state index in [0.29, 0.717) is 32.7 Å². The summed E-state index contributed by atoms with van der Waals surface area (Å²) in [6, 6.07) is 0. The van der Waals surface area contributed by atoms with Crippen LogP contribution in [0.1, 0.15) is 26.7 Å². The van der Waals surface area contributed by atoms with Gasteiger partial charge in [0.1, 0.15) is 6.10 Å². The van der Waals surface area contributed by atoms with Crippen molar-refractivity contribution >= 4 is 23.5 Å². The number of carboxylic acids is 1. The van der Waals surface area contributed by atoms with E-state index in [1.165, 1.54) is 0 Å². The average molecular weight is 443 g/mol. The summed E-state index contributed by atoms with van der Waals surface area (Å²) in [6.45, 7) is 7.63. The van der Waals surface area contributed by atoms with Crippen molar-refractivity contribution in [3.8, 4) is 0 Å². The predicted molar refractivity (Wildman–Crippen MR) is 116 cm³/mol. The van der Waals surface area contributed by atoms with E-state index in [2.05, 4.69) is 0 Å². The van der Waals surface area contributed by atoms with Crippen molar-refractivity contribution in [2.24, 2.45) is 0 Å². The maximum Gasteiger partial charge on any atom is 0.320 e. The summed E-state index contributed by atoms with van der Waals surface area (Å²) >= 11 is 0. The zero-order chi connectivity index (χ0) is 23.4. The van der Waals surface area contributed by atoms with Gasteiger partial charge in [-0.3, -0.25) is 38.8 Å². The predicted octanol–water partition coefficient (Wildman–Crippen LogP) is -0.578. The SMILES string of the molecule is CCN(C)CC(=O)CC1CC(=O)CN(CC)CCN(CC(=O)O)CCN(C)CC(=O)O1. The van der Waals surface area contributed by atoms with Gasteiger partial charge in [0, 0.05) is 39.0 Å². The first-order valence-electron chi connectivity index (χ1n) is 10.9. The molecule has 10 heteroatoms. The highest BCUT2D eigenvalue weighted by Gasteiger charge is 2.24. The molecule has 178 valence electrons. The maximum absolute atomic E-state index is 12.6. The Balaban J connectivity index is 2.89. The van der Waals surface area contributed by atoms with Crippen molar-refractivity contribution in [1.82, 2.24) is 19.6 Å². The summed E-state index contributed by atoms with van der Waals surface area (Å²) in [7, 11) is 3.59. The van der Waals surface area contributed by atoms with Crippen LogP contribution in [0.4, 0.5) is 0 Å². The Hall–Kier alpha value is -1.88. The Labute approximate surface area is 185 Å². The summed E-state index contributed by atoms with van der Waals surface area (Å²) in [5.74, 6) is -1.58. The number of rotatable bonds is 8. The van der Waals surface area contributed by atoms with Crippen LogP contribution >= 0.6 is 0 Å². The molecule has 31 heavy (non-hydrogen) atoms. The van der Waals surface area contributed by atoms with Crippen LogP contribution in [0.15, 0.2) is 0 Å². The van der Waals surface area contributed by atoms with Gasteiger partial charge in [-0.25, -0.2) is 0 Å². The lowest BCUT2D eigenvalue weighted by molar-refractivity contribution is -0.152. The first-order chi connectivity index (χ1) is 14.6. The fourth-order valence-corrected chi connectivity index (χ4v) is 3.38. The zero-order valence-corrected chi connectivity index (χ0v) is 19.3. The second kappa shape index (κ2) is 14.2. The largest absolute Gasteiger partial charge is 0.480 e.